The first-order valence-electron chi connectivity index (χ1n) is 8.46. The average molecular weight is 290 g/mol. The van der Waals surface area contributed by atoms with Crippen LogP contribution in [0, 0.1) is 0 Å². The van der Waals surface area contributed by atoms with Gasteiger partial charge in [0, 0.05) is 18.1 Å². The van der Waals surface area contributed by atoms with Gasteiger partial charge in [-0.05, 0) is 62.8 Å². The summed E-state index contributed by atoms with van der Waals surface area (Å²) in [6, 6.07) is 9.26. The number of hydrogen-bond acceptors (Lipinski definition) is 3. The van der Waals surface area contributed by atoms with E-state index in [0.717, 1.165) is 25.8 Å². The summed E-state index contributed by atoms with van der Waals surface area (Å²) in [6.45, 7) is 5.65. The Balaban J connectivity index is 2.15. The van der Waals surface area contributed by atoms with Crippen LogP contribution >= 0.6 is 0 Å². The van der Waals surface area contributed by atoms with Crippen molar-refractivity contribution < 1.29 is 5.11 Å². The van der Waals surface area contributed by atoms with Gasteiger partial charge in [0.25, 0.3) is 0 Å². The van der Waals surface area contributed by atoms with Crippen LogP contribution in [0.1, 0.15) is 64.0 Å². The highest BCUT2D eigenvalue weighted by atomic mass is 16.3. The Morgan fingerprint density at radius 3 is 2.29 bits per heavy atom. The number of benzene rings is 1. The van der Waals surface area contributed by atoms with Crippen LogP contribution in [0.15, 0.2) is 24.3 Å². The van der Waals surface area contributed by atoms with Crippen molar-refractivity contribution in [3.05, 3.63) is 29.8 Å². The van der Waals surface area contributed by atoms with Crippen molar-refractivity contribution in [2.45, 2.75) is 70.5 Å². The fraction of sp³-hybridized carbons (Fsp3) is 0.667. The molecule has 0 radical (unpaired) electrons. The van der Waals surface area contributed by atoms with Gasteiger partial charge in [0.2, 0.25) is 0 Å². The molecule has 1 aromatic rings. The molecule has 0 amide bonds. The molecule has 1 fully saturated rings. The maximum absolute atomic E-state index is 9.50. The van der Waals surface area contributed by atoms with Crippen LogP contribution in [0.4, 0.5) is 0 Å². The third kappa shape index (κ3) is 4.21. The summed E-state index contributed by atoms with van der Waals surface area (Å²) in [5.41, 5.74) is 7.38. The molecule has 0 aliphatic heterocycles. The molecule has 1 aliphatic carbocycles. The molecule has 21 heavy (non-hydrogen) atoms. The van der Waals surface area contributed by atoms with Crippen molar-refractivity contribution in [1.29, 1.82) is 0 Å². The summed E-state index contributed by atoms with van der Waals surface area (Å²) >= 11 is 0. The zero-order valence-corrected chi connectivity index (χ0v) is 13.5. The van der Waals surface area contributed by atoms with Crippen molar-refractivity contribution in [2.24, 2.45) is 5.73 Å². The summed E-state index contributed by atoms with van der Waals surface area (Å²) in [4.78, 5) is 2.68. The van der Waals surface area contributed by atoms with Crippen molar-refractivity contribution >= 4 is 0 Å². The zero-order chi connectivity index (χ0) is 15.2. The Morgan fingerprint density at radius 1 is 1.14 bits per heavy atom. The molecule has 118 valence electrons. The topological polar surface area (TPSA) is 49.5 Å². The van der Waals surface area contributed by atoms with E-state index in [1.165, 1.54) is 24.8 Å². The Bertz CT molecular complexity index is 410. The molecule has 1 atom stereocenters. The predicted molar refractivity (Wildman–Crippen MR) is 88.4 cm³/mol. The fourth-order valence-corrected chi connectivity index (χ4v) is 3.64. The zero-order valence-electron chi connectivity index (χ0n) is 13.5. The van der Waals surface area contributed by atoms with E-state index in [1.54, 1.807) is 12.1 Å². The summed E-state index contributed by atoms with van der Waals surface area (Å²) < 4.78 is 0. The molecule has 0 aromatic heterocycles. The molecule has 3 nitrogen and oxygen atoms in total. The quantitative estimate of drug-likeness (QED) is 0.837. The fourth-order valence-electron chi connectivity index (χ4n) is 3.64. The molecule has 0 spiro atoms. The maximum Gasteiger partial charge on any atom is 0.115 e. The van der Waals surface area contributed by atoms with Crippen LogP contribution in [0.3, 0.4) is 0 Å². The normalized spacial score (nSPS) is 24.2. The molecule has 3 N–H and O–H groups in total. The van der Waals surface area contributed by atoms with E-state index >= 15 is 0 Å². The first-order valence-corrected chi connectivity index (χ1v) is 8.46. The lowest BCUT2D eigenvalue weighted by Gasteiger charge is -2.41. The largest absolute Gasteiger partial charge is 0.508 e. The second-order valence-electron chi connectivity index (χ2n) is 6.32. The van der Waals surface area contributed by atoms with Gasteiger partial charge in [-0.3, -0.25) is 4.90 Å². The van der Waals surface area contributed by atoms with E-state index in [0.29, 0.717) is 23.9 Å². The Morgan fingerprint density at radius 2 is 1.76 bits per heavy atom. The van der Waals surface area contributed by atoms with Crippen LogP contribution in [-0.2, 0) is 0 Å². The number of nitrogens with two attached hydrogens (primary N) is 1. The molecule has 0 saturated heterocycles. The highest BCUT2D eigenvalue weighted by Crippen LogP contribution is 2.32. The van der Waals surface area contributed by atoms with Crippen LogP contribution in [0.5, 0.6) is 5.75 Å². The third-order valence-electron chi connectivity index (χ3n) is 4.76. The highest BCUT2D eigenvalue weighted by molar-refractivity contribution is 5.28. The molecule has 0 heterocycles. The summed E-state index contributed by atoms with van der Waals surface area (Å²) in [7, 11) is 0. The lowest BCUT2D eigenvalue weighted by atomic mass is 9.88. The second kappa shape index (κ2) is 7.81. The van der Waals surface area contributed by atoms with Gasteiger partial charge in [0.05, 0.1) is 0 Å². The van der Waals surface area contributed by atoms with Crippen LogP contribution in [-0.4, -0.2) is 28.6 Å². The van der Waals surface area contributed by atoms with Gasteiger partial charge in [-0.1, -0.05) is 26.0 Å². The van der Waals surface area contributed by atoms with Crippen molar-refractivity contribution in [1.82, 2.24) is 4.90 Å². The van der Waals surface area contributed by atoms with Gasteiger partial charge in [0.15, 0.2) is 0 Å². The van der Waals surface area contributed by atoms with E-state index in [9.17, 15) is 5.11 Å². The van der Waals surface area contributed by atoms with Crippen molar-refractivity contribution in [2.75, 3.05) is 6.54 Å². The Labute approximate surface area is 129 Å². The smallest absolute Gasteiger partial charge is 0.115 e. The average Bonchev–Trinajstić information content (AvgIpc) is 2.50. The van der Waals surface area contributed by atoms with Crippen LogP contribution in [0.2, 0.25) is 0 Å². The van der Waals surface area contributed by atoms with Gasteiger partial charge in [-0.15, -0.1) is 0 Å². The molecule has 3 heteroatoms. The van der Waals surface area contributed by atoms with Gasteiger partial charge >= 0.3 is 0 Å². The predicted octanol–water partition coefficient (Wildman–Crippen LogP) is 3.83. The Hall–Kier alpha value is -1.06. The highest BCUT2D eigenvalue weighted by Gasteiger charge is 2.28. The second-order valence-corrected chi connectivity index (χ2v) is 6.32. The molecule has 1 aromatic carbocycles. The first kappa shape index (κ1) is 16.3. The van der Waals surface area contributed by atoms with Crippen LogP contribution in [0.25, 0.3) is 0 Å². The SMILES string of the molecule is CCCN(C1CCC(N)CC1)C(CC)c1ccc(O)cc1. The minimum absolute atomic E-state index is 0.347. The number of phenols is 1. The third-order valence-corrected chi connectivity index (χ3v) is 4.76. The molecule has 1 unspecified atom stereocenters. The Kier molecular flexibility index (Phi) is 6.07. The number of nitrogens with zero attached hydrogens (tertiary/aromatic N) is 1. The molecule has 1 aliphatic rings. The maximum atomic E-state index is 9.50. The molecular weight excluding hydrogens is 260 g/mol. The standard InChI is InChI=1S/C18H30N2O/c1-3-13-20(16-9-7-15(19)8-10-16)18(4-2)14-5-11-17(21)12-6-14/h5-6,11-12,15-16,18,21H,3-4,7-10,13,19H2,1-2H3. The first-order chi connectivity index (χ1) is 10.2. The molecular formula is C18H30N2O. The van der Waals surface area contributed by atoms with Crippen molar-refractivity contribution in [3.8, 4) is 5.75 Å². The molecule has 1 saturated carbocycles. The number of aromatic hydroxyl groups is 1. The van der Waals surface area contributed by atoms with E-state index < -0.39 is 0 Å². The summed E-state index contributed by atoms with van der Waals surface area (Å²) in [5.74, 6) is 0.347. The minimum atomic E-state index is 0.347. The lowest BCUT2D eigenvalue weighted by Crippen LogP contribution is -2.43. The van der Waals surface area contributed by atoms with E-state index in [1.807, 2.05) is 0 Å². The van der Waals surface area contributed by atoms with Crippen molar-refractivity contribution in [3.63, 3.8) is 0 Å². The van der Waals surface area contributed by atoms with E-state index in [2.05, 4.69) is 30.9 Å². The number of hydrogen-bond donors (Lipinski definition) is 2. The number of rotatable bonds is 6. The van der Waals surface area contributed by atoms with Gasteiger partial charge in [0.1, 0.15) is 5.75 Å². The number of phenolic OH excluding ortho intramolecular Hbond substituents is 1. The van der Waals surface area contributed by atoms with Gasteiger partial charge in [-0.2, -0.15) is 0 Å². The minimum Gasteiger partial charge on any atom is -0.508 e. The van der Waals surface area contributed by atoms with Gasteiger partial charge in [-0.25, -0.2) is 0 Å². The molecule has 0 bridgehead atoms. The van der Waals surface area contributed by atoms with E-state index in [4.69, 9.17) is 5.73 Å². The lowest BCUT2D eigenvalue weighted by molar-refractivity contribution is 0.0962. The van der Waals surface area contributed by atoms with E-state index in [-0.39, 0.29) is 0 Å². The summed E-state index contributed by atoms with van der Waals surface area (Å²) in [5, 5.41) is 9.50. The van der Waals surface area contributed by atoms with Gasteiger partial charge < -0.3 is 10.8 Å². The monoisotopic (exact) mass is 290 g/mol. The molecule has 2 rings (SSSR count). The van der Waals surface area contributed by atoms with Crippen LogP contribution < -0.4 is 5.73 Å². The summed E-state index contributed by atoms with van der Waals surface area (Å²) in [6.07, 6.45) is 7.02.